The standard InChI is InChI=1S/C19H17F2N5O4S/c1-11(30-14-6-3-12(20)4-7-14)18-23-24-19(25(18)2)31-10-17(27)22-16-9-13(26(28)29)5-8-15(16)21/h3-9,11H,10H2,1-2H3,(H,22,27). The summed E-state index contributed by atoms with van der Waals surface area (Å²) in [6.07, 6.45) is -0.495. The van der Waals surface area contributed by atoms with Crippen LogP contribution in [-0.4, -0.2) is 31.3 Å². The Balaban J connectivity index is 1.60. The maximum absolute atomic E-state index is 13.8. The molecule has 12 heteroatoms. The zero-order chi connectivity index (χ0) is 22.5. The molecule has 1 heterocycles. The fourth-order valence-corrected chi connectivity index (χ4v) is 3.33. The molecular weight excluding hydrogens is 432 g/mol. The number of carbonyl (C=O) groups excluding carboxylic acids is 1. The second-order valence-electron chi connectivity index (χ2n) is 6.37. The number of nitro benzene ring substituents is 1. The molecule has 31 heavy (non-hydrogen) atoms. The highest BCUT2D eigenvalue weighted by Gasteiger charge is 2.19. The van der Waals surface area contributed by atoms with E-state index in [1.807, 2.05) is 0 Å². The minimum absolute atomic E-state index is 0.124. The van der Waals surface area contributed by atoms with E-state index >= 15 is 0 Å². The monoisotopic (exact) mass is 449 g/mol. The number of nitrogens with one attached hydrogen (secondary N) is 1. The molecule has 1 aromatic heterocycles. The van der Waals surface area contributed by atoms with Gasteiger partial charge in [0.05, 0.1) is 16.4 Å². The summed E-state index contributed by atoms with van der Waals surface area (Å²) in [5.41, 5.74) is -0.614. The van der Waals surface area contributed by atoms with Crippen LogP contribution >= 0.6 is 11.8 Å². The third-order valence-corrected chi connectivity index (χ3v) is 5.15. The average Bonchev–Trinajstić information content (AvgIpc) is 3.10. The number of non-ortho nitro benzene ring substituents is 1. The summed E-state index contributed by atoms with van der Waals surface area (Å²) in [6.45, 7) is 1.75. The lowest BCUT2D eigenvalue weighted by molar-refractivity contribution is -0.384. The molecule has 9 nitrogen and oxygen atoms in total. The van der Waals surface area contributed by atoms with Crippen LogP contribution in [0.4, 0.5) is 20.2 Å². The molecule has 3 aromatic rings. The highest BCUT2D eigenvalue weighted by molar-refractivity contribution is 7.99. The van der Waals surface area contributed by atoms with Crippen molar-refractivity contribution >= 4 is 29.0 Å². The van der Waals surface area contributed by atoms with E-state index in [-0.39, 0.29) is 22.9 Å². The summed E-state index contributed by atoms with van der Waals surface area (Å²) in [5.74, 6) is -0.898. The second kappa shape index (κ2) is 9.51. The normalized spacial score (nSPS) is 11.7. The van der Waals surface area contributed by atoms with Gasteiger partial charge in [0.1, 0.15) is 17.4 Å². The fraction of sp³-hybridized carbons (Fsp3) is 0.211. The Kier molecular flexibility index (Phi) is 6.80. The Hall–Kier alpha value is -3.54. The molecule has 0 saturated carbocycles. The van der Waals surface area contributed by atoms with E-state index in [9.17, 15) is 23.7 Å². The lowest BCUT2D eigenvalue weighted by Gasteiger charge is -2.14. The number of halogens is 2. The Morgan fingerprint density at radius 1 is 1.26 bits per heavy atom. The molecule has 2 aromatic carbocycles. The molecule has 162 valence electrons. The van der Waals surface area contributed by atoms with E-state index in [1.165, 1.54) is 24.3 Å². The van der Waals surface area contributed by atoms with Crippen molar-refractivity contribution in [2.24, 2.45) is 7.05 Å². The smallest absolute Gasteiger partial charge is 0.271 e. The summed E-state index contributed by atoms with van der Waals surface area (Å²) in [4.78, 5) is 22.3. The van der Waals surface area contributed by atoms with Gasteiger partial charge >= 0.3 is 0 Å². The highest BCUT2D eigenvalue weighted by atomic mass is 32.2. The summed E-state index contributed by atoms with van der Waals surface area (Å²) in [7, 11) is 1.69. The number of nitro groups is 1. The molecule has 1 atom stereocenters. The Labute approximate surface area is 179 Å². The topological polar surface area (TPSA) is 112 Å². The first-order valence-electron chi connectivity index (χ1n) is 8.92. The van der Waals surface area contributed by atoms with Gasteiger partial charge in [0.25, 0.3) is 5.69 Å². The lowest BCUT2D eigenvalue weighted by atomic mass is 10.2. The minimum atomic E-state index is -0.781. The molecule has 0 aliphatic rings. The first-order chi connectivity index (χ1) is 14.7. The van der Waals surface area contributed by atoms with E-state index in [0.29, 0.717) is 16.7 Å². The number of amides is 1. The van der Waals surface area contributed by atoms with Crippen LogP contribution in [0.3, 0.4) is 0 Å². The molecule has 0 aliphatic heterocycles. The number of hydrogen-bond donors (Lipinski definition) is 1. The Bertz CT molecular complexity index is 1110. The molecule has 0 radical (unpaired) electrons. The van der Waals surface area contributed by atoms with Gasteiger partial charge < -0.3 is 14.6 Å². The summed E-state index contributed by atoms with van der Waals surface area (Å²) in [6, 6.07) is 8.43. The lowest BCUT2D eigenvalue weighted by Crippen LogP contribution is -2.16. The molecule has 0 spiro atoms. The van der Waals surface area contributed by atoms with E-state index in [2.05, 4.69) is 15.5 Å². The zero-order valence-electron chi connectivity index (χ0n) is 16.4. The van der Waals surface area contributed by atoms with Crippen LogP contribution in [0.1, 0.15) is 18.9 Å². The number of ether oxygens (including phenoxy) is 1. The van der Waals surface area contributed by atoms with Crippen LogP contribution in [0.5, 0.6) is 5.75 Å². The van der Waals surface area contributed by atoms with Crippen LogP contribution in [0.15, 0.2) is 47.6 Å². The molecule has 1 N–H and O–H groups in total. The quantitative estimate of drug-likeness (QED) is 0.316. The molecule has 1 unspecified atom stereocenters. The maximum Gasteiger partial charge on any atom is 0.271 e. The van der Waals surface area contributed by atoms with E-state index in [4.69, 9.17) is 4.74 Å². The first-order valence-corrected chi connectivity index (χ1v) is 9.91. The number of nitrogens with zero attached hydrogens (tertiary/aromatic N) is 4. The van der Waals surface area contributed by atoms with Crippen molar-refractivity contribution in [3.63, 3.8) is 0 Å². The molecule has 0 fully saturated rings. The number of aromatic nitrogens is 3. The Morgan fingerprint density at radius 2 is 1.97 bits per heavy atom. The van der Waals surface area contributed by atoms with Gasteiger partial charge in [-0.2, -0.15) is 0 Å². The van der Waals surface area contributed by atoms with Crippen LogP contribution in [-0.2, 0) is 11.8 Å². The molecule has 0 saturated heterocycles. The van der Waals surface area contributed by atoms with Gasteiger partial charge in [0.15, 0.2) is 17.1 Å². The largest absolute Gasteiger partial charge is 0.483 e. The predicted octanol–water partition coefficient (Wildman–Crippen LogP) is 3.87. The van der Waals surface area contributed by atoms with Gasteiger partial charge in [-0.3, -0.25) is 14.9 Å². The highest BCUT2D eigenvalue weighted by Crippen LogP contribution is 2.25. The molecule has 0 bridgehead atoms. The van der Waals surface area contributed by atoms with Crippen molar-refractivity contribution < 1.29 is 23.2 Å². The molecule has 0 aliphatic carbocycles. The minimum Gasteiger partial charge on any atom is -0.483 e. The first kappa shape index (κ1) is 22.2. The number of benzene rings is 2. The van der Waals surface area contributed by atoms with Gasteiger partial charge in [-0.25, -0.2) is 8.78 Å². The maximum atomic E-state index is 13.8. The van der Waals surface area contributed by atoms with Crippen molar-refractivity contribution in [2.45, 2.75) is 18.2 Å². The van der Waals surface area contributed by atoms with Crippen molar-refractivity contribution in [1.82, 2.24) is 14.8 Å². The third-order valence-electron chi connectivity index (χ3n) is 4.13. The number of rotatable bonds is 8. The van der Waals surface area contributed by atoms with Gasteiger partial charge in [-0.1, -0.05) is 11.8 Å². The van der Waals surface area contributed by atoms with Gasteiger partial charge in [-0.15, -0.1) is 10.2 Å². The second-order valence-corrected chi connectivity index (χ2v) is 7.31. The van der Waals surface area contributed by atoms with Crippen LogP contribution in [0.2, 0.25) is 0 Å². The van der Waals surface area contributed by atoms with Gasteiger partial charge in [-0.05, 0) is 37.3 Å². The molecule has 3 rings (SSSR count). The van der Waals surface area contributed by atoms with Crippen LogP contribution in [0.25, 0.3) is 0 Å². The van der Waals surface area contributed by atoms with Crippen LogP contribution < -0.4 is 10.1 Å². The molecular formula is C19H17F2N5O4S. The van der Waals surface area contributed by atoms with Crippen molar-refractivity contribution in [2.75, 3.05) is 11.1 Å². The number of hydrogen-bond acceptors (Lipinski definition) is 7. The summed E-state index contributed by atoms with van der Waals surface area (Å²) < 4.78 is 34.2. The van der Waals surface area contributed by atoms with E-state index in [1.54, 1.807) is 18.5 Å². The van der Waals surface area contributed by atoms with Crippen molar-refractivity contribution in [1.29, 1.82) is 0 Å². The van der Waals surface area contributed by atoms with Gasteiger partial charge in [0, 0.05) is 19.2 Å². The van der Waals surface area contributed by atoms with E-state index in [0.717, 1.165) is 30.0 Å². The van der Waals surface area contributed by atoms with E-state index < -0.39 is 22.8 Å². The SMILES string of the molecule is CC(Oc1ccc(F)cc1)c1nnc(SCC(=O)Nc2cc([N+](=O)[O-])ccc2F)n1C. The van der Waals surface area contributed by atoms with Crippen LogP contribution in [0, 0.1) is 21.7 Å². The average molecular weight is 449 g/mol. The zero-order valence-corrected chi connectivity index (χ0v) is 17.2. The third kappa shape index (κ3) is 5.54. The summed E-state index contributed by atoms with van der Waals surface area (Å²) >= 11 is 1.05. The number of anilines is 1. The molecule has 1 amide bonds. The number of thioether (sulfide) groups is 1. The predicted molar refractivity (Wildman–Crippen MR) is 109 cm³/mol. The number of carbonyl (C=O) groups is 1. The fourth-order valence-electron chi connectivity index (χ4n) is 2.61. The van der Waals surface area contributed by atoms with Gasteiger partial charge in [0.2, 0.25) is 5.91 Å². The Morgan fingerprint density at radius 3 is 2.65 bits per heavy atom. The van der Waals surface area contributed by atoms with Crippen molar-refractivity contribution in [3.8, 4) is 5.75 Å². The summed E-state index contributed by atoms with van der Waals surface area (Å²) in [5, 5.41) is 21.6. The van der Waals surface area contributed by atoms with Crippen molar-refractivity contribution in [3.05, 3.63) is 70.0 Å².